The number of hydrogen-bond donors (Lipinski definition) is 4. The van der Waals surface area contributed by atoms with E-state index < -0.39 is 5.79 Å². The molecule has 158 valence electrons. The number of halogens is 1. The largest absolute Gasteiger partial charge is 0.341 e. The van der Waals surface area contributed by atoms with Crippen LogP contribution >= 0.6 is 11.6 Å². The van der Waals surface area contributed by atoms with Crippen LogP contribution in [0.15, 0.2) is 65.7 Å². The van der Waals surface area contributed by atoms with E-state index in [4.69, 9.17) is 17.3 Å². The van der Waals surface area contributed by atoms with Gasteiger partial charge < -0.3 is 16.0 Å². The van der Waals surface area contributed by atoms with Crippen LogP contribution in [0.2, 0.25) is 5.02 Å². The van der Waals surface area contributed by atoms with Crippen molar-refractivity contribution in [3.05, 3.63) is 88.0 Å². The fraction of sp³-hybridized carbons (Fsp3) is 0.217. The molecule has 1 unspecified atom stereocenters. The molecule has 3 aromatic rings. The molecule has 2 aromatic carbocycles. The lowest BCUT2D eigenvalue weighted by atomic mass is 10.00. The van der Waals surface area contributed by atoms with E-state index in [0.29, 0.717) is 5.02 Å². The monoisotopic (exact) mass is 433 g/mol. The van der Waals surface area contributed by atoms with Crippen molar-refractivity contribution in [2.45, 2.75) is 18.8 Å². The molecule has 0 saturated heterocycles. The fourth-order valence-electron chi connectivity index (χ4n) is 3.97. The van der Waals surface area contributed by atoms with Crippen LogP contribution in [-0.2, 0) is 25.8 Å². The number of nitrogens with two attached hydrogens (primary N) is 1. The first-order valence-corrected chi connectivity index (χ1v) is 10.6. The molecule has 2 aliphatic rings. The van der Waals surface area contributed by atoms with Crippen LogP contribution in [0.5, 0.6) is 0 Å². The van der Waals surface area contributed by atoms with Crippen LogP contribution < -0.4 is 21.7 Å². The van der Waals surface area contributed by atoms with Gasteiger partial charge in [-0.15, -0.1) is 0 Å². The molecule has 0 saturated carbocycles. The Morgan fingerprint density at radius 1 is 1.19 bits per heavy atom. The van der Waals surface area contributed by atoms with Gasteiger partial charge in [-0.25, -0.2) is 4.99 Å². The van der Waals surface area contributed by atoms with Gasteiger partial charge in [0.2, 0.25) is 5.79 Å². The third kappa shape index (κ3) is 3.95. The highest BCUT2D eigenvalue weighted by Crippen LogP contribution is 2.29. The summed E-state index contributed by atoms with van der Waals surface area (Å²) >= 11 is 6.21. The Morgan fingerprint density at radius 3 is 2.90 bits per heavy atom. The molecule has 3 heterocycles. The Bertz CT molecular complexity index is 1200. The summed E-state index contributed by atoms with van der Waals surface area (Å²) in [5.41, 5.74) is 12.9. The molecule has 5 N–H and O–H groups in total. The maximum Gasteiger partial charge on any atom is 0.210 e. The van der Waals surface area contributed by atoms with E-state index in [1.807, 2.05) is 43.7 Å². The number of fused-ring (bicyclic) bond motifs is 1. The fourth-order valence-corrected chi connectivity index (χ4v) is 4.16. The molecule has 5 rings (SSSR count). The molecule has 2 aliphatic heterocycles. The first kappa shape index (κ1) is 19.8. The molecule has 1 atom stereocenters. The van der Waals surface area contributed by atoms with Crippen molar-refractivity contribution in [1.82, 2.24) is 20.4 Å². The van der Waals surface area contributed by atoms with E-state index in [2.05, 4.69) is 44.2 Å². The minimum Gasteiger partial charge on any atom is -0.341 e. The number of anilines is 1. The number of aryl methyl sites for hydroxylation is 1. The summed E-state index contributed by atoms with van der Waals surface area (Å²) in [5.74, 6) is -0.386. The van der Waals surface area contributed by atoms with Crippen LogP contribution in [0.3, 0.4) is 0 Å². The van der Waals surface area contributed by atoms with Gasteiger partial charge in [0.15, 0.2) is 0 Å². The summed E-state index contributed by atoms with van der Waals surface area (Å²) in [6.07, 6.45) is 6.59. The average Bonchev–Trinajstić information content (AvgIpc) is 3.20. The summed E-state index contributed by atoms with van der Waals surface area (Å²) in [6.45, 7) is 1.89. The van der Waals surface area contributed by atoms with Gasteiger partial charge in [-0.3, -0.25) is 10.4 Å². The lowest BCUT2D eigenvalue weighted by molar-refractivity contribution is 0.400. The van der Waals surface area contributed by atoms with E-state index in [-0.39, 0.29) is 0 Å². The second-order valence-corrected chi connectivity index (χ2v) is 8.32. The van der Waals surface area contributed by atoms with Crippen molar-refractivity contribution >= 4 is 29.1 Å². The molecule has 1 aromatic heterocycles. The predicted molar refractivity (Wildman–Crippen MR) is 125 cm³/mol. The van der Waals surface area contributed by atoms with Crippen molar-refractivity contribution < 1.29 is 0 Å². The Hall–Kier alpha value is -3.13. The Morgan fingerprint density at radius 2 is 2.10 bits per heavy atom. The molecular weight excluding hydrogens is 410 g/mol. The molecule has 0 amide bonds. The van der Waals surface area contributed by atoms with Crippen LogP contribution in [0.25, 0.3) is 5.57 Å². The lowest BCUT2D eigenvalue weighted by Gasteiger charge is -2.34. The molecule has 0 spiro atoms. The van der Waals surface area contributed by atoms with Gasteiger partial charge in [-0.2, -0.15) is 5.10 Å². The molecule has 7 nitrogen and oxygen atoms in total. The highest BCUT2D eigenvalue weighted by atomic mass is 35.5. The Balaban J connectivity index is 1.53. The highest BCUT2D eigenvalue weighted by molar-refractivity contribution is 6.30. The van der Waals surface area contributed by atoms with E-state index in [9.17, 15) is 0 Å². The van der Waals surface area contributed by atoms with Gasteiger partial charge in [-0.05, 0) is 48.4 Å². The quantitative estimate of drug-likeness (QED) is 0.507. The number of allylic oxidation sites excluding steroid dienone is 1. The minimum atomic E-state index is -1.14. The van der Waals surface area contributed by atoms with Crippen LogP contribution in [0.4, 0.5) is 5.69 Å². The zero-order chi connectivity index (χ0) is 21.4. The zero-order valence-electron chi connectivity index (χ0n) is 17.2. The van der Waals surface area contributed by atoms with Gasteiger partial charge in [0.05, 0.1) is 6.20 Å². The van der Waals surface area contributed by atoms with E-state index >= 15 is 0 Å². The smallest absolute Gasteiger partial charge is 0.210 e. The van der Waals surface area contributed by atoms with Crippen molar-refractivity contribution in [2.75, 3.05) is 11.9 Å². The number of rotatable bonds is 4. The molecule has 8 heteroatoms. The van der Waals surface area contributed by atoms with Gasteiger partial charge >= 0.3 is 0 Å². The second-order valence-electron chi connectivity index (χ2n) is 7.89. The van der Waals surface area contributed by atoms with Gasteiger partial charge in [0.25, 0.3) is 0 Å². The first-order valence-electron chi connectivity index (χ1n) is 10.2. The van der Waals surface area contributed by atoms with Gasteiger partial charge in [-0.1, -0.05) is 29.8 Å². The molecule has 0 fully saturated rings. The zero-order valence-corrected chi connectivity index (χ0v) is 17.9. The van der Waals surface area contributed by atoms with E-state index in [0.717, 1.165) is 47.7 Å². The topological polar surface area (TPSA) is 92.3 Å². The molecule has 0 aliphatic carbocycles. The molecule has 0 bridgehead atoms. The second kappa shape index (κ2) is 7.85. The van der Waals surface area contributed by atoms with E-state index in [1.165, 1.54) is 11.1 Å². The third-order valence-corrected chi connectivity index (χ3v) is 5.86. The summed E-state index contributed by atoms with van der Waals surface area (Å²) < 4.78 is 1.76. The minimum absolute atomic E-state index is 0.609. The SMILES string of the molecule is Cn1cc(C2=C(Nc3ccc4c(c3)CNCC4)NC(N)(c3cccc(Cl)c3)N=C2)cn1. The van der Waals surface area contributed by atoms with Crippen molar-refractivity contribution in [1.29, 1.82) is 0 Å². The first-order chi connectivity index (χ1) is 15.0. The maximum atomic E-state index is 6.68. The van der Waals surface area contributed by atoms with Crippen molar-refractivity contribution in [3.63, 3.8) is 0 Å². The number of aliphatic imine (C=N–C) groups is 1. The van der Waals surface area contributed by atoms with E-state index in [1.54, 1.807) is 10.9 Å². The number of hydrogen-bond acceptors (Lipinski definition) is 6. The molecule has 31 heavy (non-hydrogen) atoms. The van der Waals surface area contributed by atoms with Crippen molar-refractivity contribution in [3.8, 4) is 0 Å². The van der Waals surface area contributed by atoms with Gasteiger partial charge in [0, 0.05) is 53.4 Å². The number of nitrogens with zero attached hydrogens (tertiary/aromatic N) is 3. The number of aromatic nitrogens is 2. The maximum absolute atomic E-state index is 6.68. The summed E-state index contributed by atoms with van der Waals surface area (Å²) in [7, 11) is 1.89. The molecular formula is C23H24ClN7. The standard InChI is InChI=1S/C23H24ClN7/c1-31-14-17(12-28-31)21-13-27-23(25,18-3-2-4-19(24)10-18)30-22(21)29-20-6-5-15-7-8-26-11-16(15)9-20/h2-6,9-10,12-14,26,29-30H,7-8,11,25H2,1H3. The number of nitrogens with one attached hydrogen (secondary N) is 3. The van der Waals surface area contributed by atoms with Crippen LogP contribution in [-0.4, -0.2) is 22.5 Å². The van der Waals surface area contributed by atoms with Gasteiger partial charge in [0.1, 0.15) is 5.82 Å². The van der Waals surface area contributed by atoms with Crippen molar-refractivity contribution in [2.24, 2.45) is 17.8 Å². The Kier molecular flexibility index (Phi) is 5.02. The predicted octanol–water partition coefficient (Wildman–Crippen LogP) is 2.94. The highest BCUT2D eigenvalue weighted by Gasteiger charge is 2.32. The lowest BCUT2D eigenvalue weighted by Crippen LogP contribution is -2.51. The Labute approximate surface area is 186 Å². The van der Waals surface area contributed by atoms with Crippen LogP contribution in [0, 0.1) is 0 Å². The third-order valence-electron chi connectivity index (χ3n) is 5.62. The average molecular weight is 434 g/mol. The number of benzene rings is 2. The molecule has 0 radical (unpaired) electrons. The summed E-state index contributed by atoms with van der Waals surface area (Å²) in [5, 5.41) is 15.3. The van der Waals surface area contributed by atoms with Crippen LogP contribution in [0.1, 0.15) is 22.3 Å². The normalized spacial score (nSPS) is 20.4. The summed E-state index contributed by atoms with van der Waals surface area (Å²) in [4.78, 5) is 4.64. The summed E-state index contributed by atoms with van der Waals surface area (Å²) in [6, 6.07) is 13.9.